The van der Waals surface area contributed by atoms with Gasteiger partial charge in [0.2, 0.25) is 5.95 Å². The van der Waals surface area contributed by atoms with E-state index in [1.54, 1.807) is 24.3 Å². The Morgan fingerprint density at radius 2 is 1.70 bits per heavy atom. The molecule has 206 valence electrons. The molecule has 40 heavy (non-hydrogen) atoms. The predicted octanol–water partition coefficient (Wildman–Crippen LogP) is 5.80. The molecule has 0 spiro atoms. The van der Waals surface area contributed by atoms with Crippen molar-refractivity contribution >= 4 is 57.6 Å². The molecule has 1 amide bonds. The molecule has 1 aliphatic heterocycles. The lowest BCUT2D eigenvalue weighted by Gasteiger charge is -2.23. The lowest BCUT2D eigenvalue weighted by atomic mass is 9.95. The van der Waals surface area contributed by atoms with Crippen molar-refractivity contribution in [3.05, 3.63) is 80.8 Å². The topological polar surface area (TPSA) is 114 Å². The Bertz CT molecular complexity index is 1700. The molecule has 9 nitrogen and oxygen atoms in total. The van der Waals surface area contributed by atoms with Crippen LogP contribution in [0.25, 0.3) is 16.8 Å². The molecular formula is C27H19Cl2F2N3O6. The summed E-state index contributed by atoms with van der Waals surface area (Å²) in [6.45, 7) is 0. The van der Waals surface area contributed by atoms with E-state index in [0.29, 0.717) is 11.3 Å². The molecule has 1 saturated heterocycles. The molecule has 2 heterocycles. The first kappa shape index (κ1) is 27.2. The van der Waals surface area contributed by atoms with Crippen molar-refractivity contribution in [1.29, 1.82) is 0 Å². The molecule has 3 aromatic carbocycles. The number of anilines is 1. The van der Waals surface area contributed by atoms with Crippen molar-refractivity contribution < 1.29 is 37.7 Å². The van der Waals surface area contributed by atoms with Crippen LogP contribution >= 0.6 is 23.2 Å². The molecule has 1 aromatic heterocycles. The van der Waals surface area contributed by atoms with Crippen molar-refractivity contribution in [3.63, 3.8) is 0 Å². The Balaban J connectivity index is 1.79. The van der Waals surface area contributed by atoms with Gasteiger partial charge in [0.1, 0.15) is 16.5 Å². The van der Waals surface area contributed by atoms with E-state index in [1.807, 2.05) is 0 Å². The molecule has 0 bridgehead atoms. The zero-order valence-corrected chi connectivity index (χ0v) is 22.5. The number of ether oxygens (including phenoxy) is 3. The molecule has 1 atom stereocenters. The number of carbonyl (C=O) groups excluding carboxylic acids is 2. The summed E-state index contributed by atoms with van der Waals surface area (Å²) in [6.07, 6.45) is 0. The number of H-pyrrole nitrogens is 1. The highest BCUT2D eigenvalue weighted by Crippen LogP contribution is 2.48. The van der Waals surface area contributed by atoms with Crippen molar-refractivity contribution in [2.45, 2.75) is 6.04 Å². The van der Waals surface area contributed by atoms with E-state index in [-0.39, 0.29) is 49.7 Å². The first-order valence-electron chi connectivity index (χ1n) is 11.5. The van der Waals surface area contributed by atoms with E-state index in [0.717, 1.165) is 17.0 Å². The number of fused-ring (bicyclic) bond motifs is 1. The third-order valence-electron chi connectivity index (χ3n) is 6.39. The quantitative estimate of drug-likeness (QED) is 0.166. The van der Waals surface area contributed by atoms with Gasteiger partial charge >= 0.3 is 5.91 Å². The number of Topliss-reactive ketones (excluding diaryl/α,β-unsaturated/α-hetero) is 1. The van der Waals surface area contributed by atoms with E-state index in [4.69, 9.17) is 37.4 Å². The van der Waals surface area contributed by atoms with Gasteiger partial charge in [-0.2, -0.15) is 0 Å². The summed E-state index contributed by atoms with van der Waals surface area (Å²) >= 11 is 12.7. The van der Waals surface area contributed by atoms with Crippen LogP contribution in [0.5, 0.6) is 17.2 Å². The van der Waals surface area contributed by atoms with Crippen LogP contribution in [-0.2, 0) is 9.59 Å². The van der Waals surface area contributed by atoms with Crippen LogP contribution in [0.1, 0.15) is 17.2 Å². The summed E-state index contributed by atoms with van der Waals surface area (Å²) in [4.78, 5) is 35.0. The fourth-order valence-electron chi connectivity index (χ4n) is 4.58. The van der Waals surface area contributed by atoms with Crippen LogP contribution in [0.2, 0.25) is 10.0 Å². The normalized spacial score (nSPS) is 16.6. The average Bonchev–Trinajstić information content (AvgIpc) is 3.45. The Morgan fingerprint density at radius 1 is 1.00 bits per heavy atom. The molecule has 1 fully saturated rings. The maximum atomic E-state index is 13.9. The van der Waals surface area contributed by atoms with E-state index in [2.05, 4.69) is 9.97 Å². The minimum absolute atomic E-state index is 0.00310. The molecular weight excluding hydrogens is 571 g/mol. The zero-order chi connectivity index (χ0) is 28.9. The van der Waals surface area contributed by atoms with Crippen LogP contribution in [0.4, 0.5) is 14.7 Å². The number of aliphatic hydroxyl groups excluding tert-OH is 1. The summed E-state index contributed by atoms with van der Waals surface area (Å²) in [6, 6.07) is 8.18. The minimum atomic E-state index is -1.27. The number of carbonyl (C=O) groups is 2. The van der Waals surface area contributed by atoms with E-state index in [9.17, 15) is 23.5 Å². The van der Waals surface area contributed by atoms with Crippen molar-refractivity contribution in [3.8, 4) is 17.2 Å². The zero-order valence-electron chi connectivity index (χ0n) is 21.0. The number of methoxy groups -OCH3 is 3. The number of hydrogen-bond acceptors (Lipinski definition) is 7. The fourth-order valence-corrected chi connectivity index (χ4v) is 5.26. The first-order valence-corrected chi connectivity index (χ1v) is 12.3. The van der Waals surface area contributed by atoms with Gasteiger partial charge in [-0.05, 0) is 23.8 Å². The monoisotopic (exact) mass is 589 g/mol. The second-order valence-corrected chi connectivity index (χ2v) is 9.36. The van der Waals surface area contributed by atoms with Gasteiger partial charge in [0.25, 0.3) is 5.78 Å². The number of benzene rings is 3. The Labute approximate surface area is 235 Å². The van der Waals surface area contributed by atoms with Gasteiger partial charge in [0.05, 0.1) is 54.6 Å². The van der Waals surface area contributed by atoms with Crippen molar-refractivity contribution in [2.75, 3.05) is 26.2 Å². The van der Waals surface area contributed by atoms with E-state index >= 15 is 0 Å². The van der Waals surface area contributed by atoms with Gasteiger partial charge in [0, 0.05) is 12.1 Å². The number of halogens is 4. The summed E-state index contributed by atoms with van der Waals surface area (Å²) in [7, 11) is 4.06. The lowest BCUT2D eigenvalue weighted by Crippen LogP contribution is -2.30. The highest BCUT2D eigenvalue weighted by molar-refractivity contribution is 6.51. The number of amides is 1. The number of imidazole rings is 1. The van der Waals surface area contributed by atoms with Crippen LogP contribution in [0.3, 0.4) is 0 Å². The minimum Gasteiger partial charge on any atom is -0.507 e. The first-order chi connectivity index (χ1) is 19.1. The number of hydrogen-bond donors (Lipinski definition) is 2. The number of ketones is 1. The number of aliphatic hydroxyl groups is 1. The Hall–Kier alpha value is -4.35. The van der Waals surface area contributed by atoms with Gasteiger partial charge in [0.15, 0.2) is 23.1 Å². The second-order valence-electron chi connectivity index (χ2n) is 8.58. The molecule has 1 unspecified atom stereocenters. The van der Waals surface area contributed by atoms with Gasteiger partial charge in [-0.1, -0.05) is 35.3 Å². The number of nitrogens with one attached hydrogen (secondary N) is 1. The molecule has 13 heteroatoms. The molecule has 4 aromatic rings. The van der Waals surface area contributed by atoms with Crippen LogP contribution < -0.4 is 19.1 Å². The predicted molar refractivity (Wildman–Crippen MR) is 143 cm³/mol. The third kappa shape index (κ3) is 4.27. The average molecular weight is 590 g/mol. The third-order valence-corrected chi connectivity index (χ3v) is 7.01. The van der Waals surface area contributed by atoms with Crippen molar-refractivity contribution in [1.82, 2.24) is 9.97 Å². The van der Waals surface area contributed by atoms with E-state index in [1.165, 1.54) is 27.4 Å². The molecule has 1 aliphatic rings. The molecule has 5 rings (SSSR count). The van der Waals surface area contributed by atoms with Crippen LogP contribution in [0.15, 0.2) is 48.0 Å². The van der Waals surface area contributed by atoms with E-state index < -0.39 is 35.1 Å². The fraction of sp³-hybridized carbons (Fsp3) is 0.148. The second kappa shape index (κ2) is 10.3. The molecule has 0 aliphatic carbocycles. The summed E-state index contributed by atoms with van der Waals surface area (Å²) in [5.74, 6) is -4.85. The number of aromatic amines is 1. The maximum Gasteiger partial charge on any atom is 0.302 e. The Morgan fingerprint density at radius 3 is 2.38 bits per heavy atom. The number of nitrogens with zero attached hydrogens (tertiary/aromatic N) is 2. The van der Waals surface area contributed by atoms with Gasteiger partial charge in [-0.25, -0.2) is 13.8 Å². The lowest BCUT2D eigenvalue weighted by molar-refractivity contribution is -0.132. The molecule has 2 N–H and O–H groups in total. The highest BCUT2D eigenvalue weighted by Gasteiger charge is 2.48. The van der Waals surface area contributed by atoms with Crippen molar-refractivity contribution in [2.24, 2.45) is 0 Å². The summed E-state index contributed by atoms with van der Waals surface area (Å²) < 4.78 is 43.7. The molecule has 0 radical (unpaired) electrons. The SMILES string of the molecule is COc1cccc(C2/C(=C(\O)c3cc(Cl)c(OC)c(Cl)c3OC)C(=O)C(=O)N2c2nc3cc(F)c(F)cc3[nH]2)c1. The number of aromatic nitrogens is 2. The Kier molecular flexibility index (Phi) is 7.03. The van der Waals surface area contributed by atoms with Crippen LogP contribution in [-0.4, -0.2) is 48.1 Å². The highest BCUT2D eigenvalue weighted by atomic mass is 35.5. The van der Waals surface area contributed by atoms with Gasteiger partial charge < -0.3 is 24.3 Å². The summed E-state index contributed by atoms with van der Waals surface area (Å²) in [5.41, 5.74) is -0.00151. The summed E-state index contributed by atoms with van der Waals surface area (Å²) in [5, 5.41) is 11.5. The van der Waals surface area contributed by atoms with Crippen LogP contribution in [0, 0.1) is 11.6 Å². The van der Waals surface area contributed by atoms with Gasteiger partial charge in [-0.15, -0.1) is 0 Å². The number of rotatable bonds is 6. The maximum absolute atomic E-state index is 13.9. The standard InChI is InChI=1S/C27H19Cl2F2N3O6/c1-38-12-6-4-5-11(7-12)21-19(22(35)13-8-14(28)25(40-3)20(29)24(13)39-2)23(36)26(37)34(21)27-32-17-9-15(30)16(31)10-18(17)33-27/h4-10,21,35H,1-3H3,(H,32,33)/b22-19+. The smallest absolute Gasteiger partial charge is 0.302 e. The largest absolute Gasteiger partial charge is 0.507 e. The molecule has 0 saturated carbocycles. The van der Waals surface area contributed by atoms with Gasteiger partial charge in [-0.3, -0.25) is 14.5 Å².